The fourth-order valence-electron chi connectivity index (χ4n) is 6.49. The Morgan fingerprint density at radius 1 is 1.19 bits per heavy atom. The highest BCUT2D eigenvalue weighted by molar-refractivity contribution is 6.31. The molecule has 37 heavy (non-hydrogen) atoms. The molecule has 2 saturated heterocycles. The number of nitrogens with one attached hydrogen (secondary N) is 2. The monoisotopic (exact) mass is 511 g/mol. The van der Waals surface area contributed by atoms with Gasteiger partial charge in [-0.3, -0.25) is 9.59 Å². The Kier molecular flexibility index (Phi) is 4.97. The van der Waals surface area contributed by atoms with Gasteiger partial charge >= 0.3 is 0 Å². The number of carbonyl (C=O) groups is 1. The zero-order valence-electron chi connectivity index (χ0n) is 20.3. The van der Waals surface area contributed by atoms with E-state index in [1.807, 2.05) is 47.0 Å². The number of benzene rings is 2. The third-order valence-corrected chi connectivity index (χ3v) is 8.84. The first kappa shape index (κ1) is 22.5. The van der Waals surface area contributed by atoms with Gasteiger partial charge in [0.2, 0.25) is 0 Å². The molecule has 0 radical (unpaired) electrons. The van der Waals surface area contributed by atoms with Crippen LogP contribution < -0.4 is 21.0 Å². The summed E-state index contributed by atoms with van der Waals surface area (Å²) in [5.74, 6) is 1.37. The Bertz CT molecular complexity index is 1600. The average molecular weight is 512 g/mol. The van der Waals surface area contributed by atoms with Gasteiger partial charge in [-0.2, -0.15) is 0 Å². The van der Waals surface area contributed by atoms with Gasteiger partial charge in [-0.15, -0.1) is 0 Å². The number of para-hydroxylation sites is 1. The Balaban J connectivity index is 1.11. The highest BCUT2D eigenvalue weighted by atomic mass is 35.5. The molecular weight excluding hydrogens is 486 g/mol. The molecule has 1 saturated carbocycles. The average Bonchev–Trinajstić information content (AvgIpc) is 3.39. The number of carbonyl (C=O) groups excluding carboxylic acids is 1. The summed E-state index contributed by atoms with van der Waals surface area (Å²) in [6.45, 7) is 4.45. The molecule has 1 spiro atoms. The number of piperidine rings is 1. The lowest BCUT2D eigenvalue weighted by Gasteiger charge is -2.48. The molecule has 4 heterocycles. The van der Waals surface area contributed by atoms with E-state index in [2.05, 4.69) is 27.4 Å². The molecule has 8 heteroatoms. The minimum atomic E-state index is -0.264. The van der Waals surface area contributed by atoms with Crippen LogP contribution in [-0.4, -0.2) is 40.6 Å². The molecule has 1 aliphatic carbocycles. The number of amides is 1. The van der Waals surface area contributed by atoms with Gasteiger partial charge in [0, 0.05) is 65.1 Å². The van der Waals surface area contributed by atoms with Crippen LogP contribution in [-0.2, 0) is 6.54 Å². The molecule has 2 aromatic heterocycles. The maximum Gasteiger partial charge on any atom is 0.253 e. The second-order valence-electron chi connectivity index (χ2n) is 10.4. The second kappa shape index (κ2) is 8.16. The highest BCUT2D eigenvalue weighted by Crippen LogP contribution is 2.65. The van der Waals surface area contributed by atoms with Crippen LogP contribution in [0.3, 0.4) is 0 Å². The molecule has 1 amide bonds. The van der Waals surface area contributed by atoms with Gasteiger partial charge in [-0.25, -0.2) is 4.98 Å². The maximum atomic E-state index is 13.2. The van der Waals surface area contributed by atoms with Crippen molar-refractivity contribution in [1.82, 2.24) is 20.2 Å². The van der Waals surface area contributed by atoms with Crippen molar-refractivity contribution < 1.29 is 4.79 Å². The first-order chi connectivity index (χ1) is 18.0. The Morgan fingerprint density at radius 3 is 2.78 bits per heavy atom. The van der Waals surface area contributed by atoms with Crippen molar-refractivity contribution in [3.63, 3.8) is 0 Å². The number of hydrogen-bond acceptors (Lipinski definition) is 5. The van der Waals surface area contributed by atoms with Crippen molar-refractivity contribution in [3.05, 3.63) is 99.4 Å². The maximum absolute atomic E-state index is 13.2. The lowest BCUT2D eigenvalue weighted by Crippen LogP contribution is -2.60. The van der Waals surface area contributed by atoms with Gasteiger partial charge in [-0.1, -0.05) is 36.7 Å². The fraction of sp³-hybridized carbons (Fsp3) is 0.276. The van der Waals surface area contributed by atoms with Gasteiger partial charge < -0.3 is 20.1 Å². The number of pyridine rings is 2. The van der Waals surface area contributed by atoms with E-state index in [0.29, 0.717) is 39.0 Å². The van der Waals surface area contributed by atoms with Crippen LogP contribution in [0.2, 0.25) is 5.02 Å². The molecule has 3 unspecified atom stereocenters. The summed E-state index contributed by atoms with van der Waals surface area (Å²) in [6.07, 6.45) is 3.40. The summed E-state index contributed by atoms with van der Waals surface area (Å²) in [5, 5.41) is 7.63. The van der Waals surface area contributed by atoms with Crippen LogP contribution in [0.5, 0.6) is 0 Å². The van der Waals surface area contributed by atoms with E-state index in [4.69, 9.17) is 11.6 Å². The van der Waals surface area contributed by atoms with Crippen LogP contribution in [0, 0.1) is 11.3 Å². The molecular formula is C29H26ClN5O2. The van der Waals surface area contributed by atoms with E-state index in [-0.39, 0.29) is 17.9 Å². The third kappa shape index (κ3) is 3.34. The van der Waals surface area contributed by atoms with Crippen LogP contribution in [0.1, 0.15) is 22.8 Å². The van der Waals surface area contributed by atoms with E-state index in [1.165, 1.54) is 0 Å². The normalized spacial score (nSPS) is 25.4. The van der Waals surface area contributed by atoms with Gasteiger partial charge in [0.1, 0.15) is 5.82 Å². The number of anilines is 1. The molecule has 4 atom stereocenters. The summed E-state index contributed by atoms with van der Waals surface area (Å²) in [6, 6.07) is 19.9. The van der Waals surface area contributed by atoms with Crippen LogP contribution in [0.4, 0.5) is 5.82 Å². The smallest absolute Gasteiger partial charge is 0.253 e. The fourth-order valence-corrected chi connectivity index (χ4v) is 6.66. The van der Waals surface area contributed by atoms with Crippen molar-refractivity contribution >= 4 is 34.2 Å². The summed E-state index contributed by atoms with van der Waals surface area (Å²) in [5.41, 5.74) is 2.88. The molecule has 186 valence electrons. The van der Waals surface area contributed by atoms with E-state index in [1.54, 1.807) is 30.6 Å². The van der Waals surface area contributed by atoms with E-state index < -0.39 is 0 Å². The topological polar surface area (TPSA) is 79.3 Å². The molecule has 3 fully saturated rings. The van der Waals surface area contributed by atoms with Crippen LogP contribution in [0.15, 0.2) is 77.9 Å². The summed E-state index contributed by atoms with van der Waals surface area (Å²) in [4.78, 5) is 33.1. The number of nitrogens with zero attached hydrogens (tertiary/aromatic N) is 3. The minimum absolute atomic E-state index is 0.104. The standard InChI is InChI=1S/C29H26ClN5O2/c1-17-27-29(17)16-35(24(29)14-32-27)25-10-7-18(12-31-25)28(37)33-13-19-15-34(21-5-3-2-4-6-21)23-11-20(30)8-9-22(23)26(19)36/h2-12,15,17,24,27,32H,13-14,16H2,1H3,(H,33,37)/t17?,24-,27?,29?/m1/s1. The number of fused-ring (bicyclic) bond motifs is 1. The van der Waals surface area contributed by atoms with Crippen molar-refractivity contribution in [3.8, 4) is 5.69 Å². The van der Waals surface area contributed by atoms with Crippen molar-refractivity contribution in [1.29, 1.82) is 0 Å². The number of rotatable bonds is 5. The summed E-state index contributed by atoms with van der Waals surface area (Å²) in [7, 11) is 0. The molecule has 2 N–H and O–H groups in total. The van der Waals surface area contributed by atoms with Crippen molar-refractivity contribution in [2.24, 2.45) is 11.3 Å². The Labute approximate surface area is 219 Å². The zero-order valence-corrected chi connectivity index (χ0v) is 21.1. The largest absolute Gasteiger partial charge is 0.351 e. The Morgan fingerprint density at radius 2 is 2.03 bits per heavy atom. The SMILES string of the molecule is CC1C2NC[C@H]3N(c4ccc(C(=O)NCc5cn(-c6ccccc6)c6cc(Cl)ccc6c5=O)cn4)CC123. The van der Waals surface area contributed by atoms with Gasteiger partial charge in [0.15, 0.2) is 5.43 Å². The van der Waals surface area contributed by atoms with E-state index >= 15 is 0 Å². The second-order valence-corrected chi connectivity index (χ2v) is 10.8. The van der Waals surface area contributed by atoms with E-state index in [0.717, 1.165) is 36.0 Å². The van der Waals surface area contributed by atoms with Gasteiger partial charge in [0.25, 0.3) is 5.91 Å². The number of hydrogen-bond donors (Lipinski definition) is 2. The molecule has 7 rings (SSSR count). The Hall–Kier alpha value is -3.68. The molecule has 7 nitrogen and oxygen atoms in total. The highest BCUT2D eigenvalue weighted by Gasteiger charge is 2.76. The quantitative estimate of drug-likeness (QED) is 0.426. The minimum Gasteiger partial charge on any atom is -0.351 e. The molecule has 2 aromatic carbocycles. The molecule has 3 aliphatic rings. The first-order valence-electron chi connectivity index (χ1n) is 12.6. The van der Waals surface area contributed by atoms with Crippen molar-refractivity contribution in [2.75, 3.05) is 18.0 Å². The predicted molar refractivity (Wildman–Crippen MR) is 144 cm³/mol. The van der Waals surface area contributed by atoms with Gasteiger partial charge in [0.05, 0.1) is 17.1 Å². The summed E-state index contributed by atoms with van der Waals surface area (Å²) < 4.78 is 1.93. The first-order valence-corrected chi connectivity index (χ1v) is 13.0. The zero-order chi connectivity index (χ0) is 25.3. The molecule has 4 aromatic rings. The predicted octanol–water partition coefficient (Wildman–Crippen LogP) is 3.77. The lowest BCUT2D eigenvalue weighted by atomic mass is 9.84. The third-order valence-electron chi connectivity index (χ3n) is 8.61. The van der Waals surface area contributed by atoms with Crippen molar-refractivity contribution in [2.45, 2.75) is 25.6 Å². The summed E-state index contributed by atoms with van der Waals surface area (Å²) >= 11 is 6.24. The van der Waals surface area contributed by atoms with Crippen LogP contribution >= 0.6 is 11.6 Å². The van der Waals surface area contributed by atoms with E-state index in [9.17, 15) is 9.59 Å². The molecule has 2 aliphatic heterocycles. The lowest BCUT2D eigenvalue weighted by molar-refractivity contribution is 0.0950. The molecule has 0 bridgehead atoms. The number of halogens is 1. The van der Waals surface area contributed by atoms with Gasteiger partial charge in [-0.05, 0) is 48.4 Å². The van der Waals surface area contributed by atoms with Crippen LogP contribution in [0.25, 0.3) is 16.6 Å². The number of aromatic nitrogens is 2.